The second kappa shape index (κ2) is 9.04. The Morgan fingerprint density at radius 2 is 2.21 bits per heavy atom. The molecule has 1 aromatic heterocycles. The van der Waals surface area contributed by atoms with Crippen LogP contribution in [-0.4, -0.2) is 19.6 Å². The minimum absolute atomic E-state index is 0.278. The van der Waals surface area contributed by atoms with Gasteiger partial charge in [-0.25, -0.2) is 4.39 Å². The van der Waals surface area contributed by atoms with Crippen LogP contribution in [0.25, 0.3) is 0 Å². The van der Waals surface area contributed by atoms with Crippen molar-refractivity contribution in [3.05, 3.63) is 57.5 Å². The van der Waals surface area contributed by atoms with Crippen molar-refractivity contribution in [2.75, 3.05) is 13.6 Å². The second-order valence-corrected chi connectivity index (χ2v) is 6.65. The summed E-state index contributed by atoms with van der Waals surface area (Å²) in [6.45, 7) is 3.23. The van der Waals surface area contributed by atoms with Gasteiger partial charge in [-0.1, -0.05) is 13.0 Å². The maximum atomic E-state index is 13.8. The van der Waals surface area contributed by atoms with Crippen molar-refractivity contribution in [2.45, 2.75) is 19.9 Å². The number of guanidine groups is 1. The summed E-state index contributed by atoms with van der Waals surface area (Å²) in [6, 6.07) is 10.6. The maximum absolute atomic E-state index is 13.8. The molecule has 0 saturated carbocycles. The number of nitrogens with zero attached hydrogens (tertiary/aromatic N) is 2. The highest BCUT2D eigenvalue weighted by Crippen LogP contribution is 2.14. The molecule has 0 bridgehead atoms. The summed E-state index contributed by atoms with van der Waals surface area (Å²) in [5.41, 5.74) is 0.893. The zero-order valence-electron chi connectivity index (χ0n) is 13.8. The SMILES string of the molecule is CN=C(NCc1cc(C#N)ccc1F)NCC(C)Cc1cccs1. The van der Waals surface area contributed by atoms with Crippen LogP contribution in [0.2, 0.25) is 0 Å². The van der Waals surface area contributed by atoms with Crippen molar-refractivity contribution in [3.8, 4) is 6.07 Å². The summed E-state index contributed by atoms with van der Waals surface area (Å²) >= 11 is 1.76. The summed E-state index contributed by atoms with van der Waals surface area (Å²) in [6.07, 6.45) is 1.01. The van der Waals surface area contributed by atoms with E-state index in [1.807, 2.05) is 6.07 Å². The molecular weight excluding hydrogens is 323 g/mol. The number of benzene rings is 1. The van der Waals surface area contributed by atoms with Crippen molar-refractivity contribution in [1.82, 2.24) is 10.6 Å². The summed E-state index contributed by atoms with van der Waals surface area (Å²) in [5.74, 6) is 0.749. The zero-order valence-corrected chi connectivity index (χ0v) is 14.7. The third-order valence-corrected chi connectivity index (χ3v) is 4.49. The molecule has 1 heterocycles. The predicted molar refractivity (Wildman–Crippen MR) is 96.5 cm³/mol. The van der Waals surface area contributed by atoms with Gasteiger partial charge >= 0.3 is 0 Å². The van der Waals surface area contributed by atoms with Crippen molar-refractivity contribution in [2.24, 2.45) is 10.9 Å². The Morgan fingerprint density at radius 3 is 2.88 bits per heavy atom. The average molecular weight is 344 g/mol. The molecule has 4 nitrogen and oxygen atoms in total. The molecule has 126 valence electrons. The van der Waals surface area contributed by atoms with E-state index in [0.717, 1.165) is 13.0 Å². The van der Waals surface area contributed by atoms with Gasteiger partial charge in [0.2, 0.25) is 0 Å². The molecular formula is C18H21FN4S. The lowest BCUT2D eigenvalue weighted by Gasteiger charge is -2.16. The second-order valence-electron chi connectivity index (χ2n) is 5.61. The zero-order chi connectivity index (χ0) is 17.4. The molecule has 2 aromatic rings. The normalized spacial score (nSPS) is 12.5. The van der Waals surface area contributed by atoms with E-state index in [-0.39, 0.29) is 12.4 Å². The van der Waals surface area contributed by atoms with Gasteiger partial charge in [-0.3, -0.25) is 4.99 Å². The summed E-state index contributed by atoms with van der Waals surface area (Å²) < 4.78 is 13.8. The van der Waals surface area contributed by atoms with E-state index in [9.17, 15) is 4.39 Å². The molecule has 24 heavy (non-hydrogen) atoms. The van der Waals surface area contributed by atoms with Crippen LogP contribution in [0.1, 0.15) is 22.9 Å². The van der Waals surface area contributed by atoms with Gasteiger partial charge in [0.25, 0.3) is 0 Å². The van der Waals surface area contributed by atoms with Gasteiger partial charge in [0.1, 0.15) is 5.82 Å². The first-order chi connectivity index (χ1) is 11.6. The van der Waals surface area contributed by atoms with E-state index in [1.54, 1.807) is 24.5 Å². The fraction of sp³-hybridized carbons (Fsp3) is 0.333. The van der Waals surface area contributed by atoms with E-state index in [1.165, 1.54) is 17.0 Å². The van der Waals surface area contributed by atoms with Crippen LogP contribution in [0.3, 0.4) is 0 Å². The van der Waals surface area contributed by atoms with Gasteiger partial charge < -0.3 is 10.6 Å². The highest BCUT2D eigenvalue weighted by molar-refractivity contribution is 7.09. The van der Waals surface area contributed by atoms with Crippen LogP contribution in [0, 0.1) is 23.1 Å². The van der Waals surface area contributed by atoms with E-state index < -0.39 is 0 Å². The first kappa shape index (κ1) is 18.0. The fourth-order valence-corrected chi connectivity index (χ4v) is 3.16. The molecule has 2 N–H and O–H groups in total. The standard InChI is InChI=1S/C18H21FN4S/c1-13(8-16-4-3-7-24-16)11-22-18(21-2)23-12-15-9-14(10-20)5-6-17(15)19/h3-7,9,13H,8,11-12H2,1-2H3,(H2,21,22,23). The molecule has 0 aliphatic carbocycles. The van der Waals surface area contributed by atoms with Gasteiger partial charge in [0.15, 0.2) is 5.96 Å². The number of thiophene rings is 1. The van der Waals surface area contributed by atoms with Crippen LogP contribution >= 0.6 is 11.3 Å². The minimum atomic E-state index is -0.331. The quantitative estimate of drug-likeness (QED) is 0.624. The number of hydrogen-bond donors (Lipinski definition) is 2. The Kier molecular flexibility index (Phi) is 6.76. The molecule has 0 fully saturated rings. The van der Waals surface area contributed by atoms with Crippen LogP contribution in [0.15, 0.2) is 40.7 Å². The summed E-state index contributed by atoms with van der Waals surface area (Å²) in [4.78, 5) is 5.52. The Hall–Kier alpha value is -2.39. The fourth-order valence-electron chi connectivity index (χ4n) is 2.29. The maximum Gasteiger partial charge on any atom is 0.191 e. The highest BCUT2D eigenvalue weighted by Gasteiger charge is 2.08. The van der Waals surface area contributed by atoms with Crippen molar-refractivity contribution < 1.29 is 4.39 Å². The number of hydrogen-bond acceptors (Lipinski definition) is 3. The Labute approximate surface area is 146 Å². The molecule has 1 aromatic carbocycles. The first-order valence-corrected chi connectivity index (χ1v) is 8.65. The van der Waals surface area contributed by atoms with Crippen LogP contribution < -0.4 is 10.6 Å². The molecule has 0 saturated heterocycles. The average Bonchev–Trinajstić information content (AvgIpc) is 3.09. The summed E-state index contributed by atoms with van der Waals surface area (Å²) in [7, 11) is 1.68. The lowest BCUT2D eigenvalue weighted by molar-refractivity contribution is 0.560. The number of halogens is 1. The number of rotatable bonds is 6. The highest BCUT2D eigenvalue weighted by atomic mass is 32.1. The van der Waals surface area contributed by atoms with Crippen LogP contribution in [0.4, 0.5) is 4.39 Å². The monoisotopic (exact) mass is 344 g/mol. The number of nitrogens with one attached hydrogen (secondary N) is 2. The van der Waals surface area contributed by atoms with Gasteiger partial charge in [-0.2, -0.15) is 5.26 Å². The van der Waals surface area contributed by atoms with Crippen LogP contribution in [0.5, 0.6) is 0 Å². The molecule has 0 amide bonds. The van der Waals surface area contributed by atoms with Gasteiger partial charge in [-0.05, 0) is 42.0 Å². The Bertz CT molecular complexity index is 719. The van der Waals surface area contributed by atoms with E-state index in [4.69, 9.17) is 5.26 Å². The summed E-state index contributed by atoms with van der Waals surface area (Å²) in [5, 5.41) is 17.3. The lowest BCUT2D eigenvalue weighted by Crippen LogP contribution is -2.39. The third-order valence-electron chi connectivity index (χ3n) is 3.59. The smallest absolute Gasteiger partial charge is 0.191 e. The third kappa shape index (κ3) is 5.36. The molecule has 1 unspecified atom stereocenters. The van der Waals surface area contributed by atoms with Crippen molar-refractivity contribution in [1.29, 1.82) is 5.26 Å². The Balaban J connectivity index is 1.83. The van der Waals surface area contributed by atoms with E-state index >= 15 is 0 Å². The lowest BCUT2D eigenvalue weighted by atomic mass is 10.1. The topological polar surface area (TPSA) is 60.2 Å². The molecule has 0 radical (unpaired) electrons. The molecule has 0 aliphatic heterocycles. The van der Waals surface area contributed by atoms with Crippen LogP contribution in [-0.2, 0) is 13.0 Å². The minimum Gasteiger partial charge on any atom is -0.356 e. The van der Waals surface area contributed by atoms with Crippen molar-refractivity contribution >= 4 is 17.3 Å². The molecule has 0 spiro atoms. The molecule has 6 heteroatoms. The van der Waals surface area contributed by atoms with Gasteiger partial charge in [0.05, 0.1) is 11.6 Å². The molecule has 0 aliphatic rings. The predicted octanol–water partition coefficient (Wildman–Crippen LogP) is 3.30. The molecule has 2 rings (SSSR count). The number of nitriles is 1. The van der Waals surface area contributed by atoms with E-state index in [2.05, 4.69) is 40.1 Å². The molecule has 1 atom stereocenters. The van der Waals surface area contributed by atoms with Crippen molar-refractivity contribution in [3.63, 3.8) is 0 Å². The Morgan fingerprint density at radius 1 is 1.38 bits per heavy atom. The van der Waals surface area contributed by atoms with Gasteiger partial charge in [0, 0.05) is 30.6 Å². The van der Waals surface area contributed by atoms with Gasteiger partial charge in [-0.15, -0.1) is 11.3 Å². The largest absolute Gasteiger partial charge is 0.356 e. The first-order valence-electron chi connectivity index (χ1n) is 7.77. The number of aliphatic imine (C=N–C) groups is 1. The van der Waals surface area contributed by atoms with E-state index in [0.29, 0.717) is 23.0 Å².